The molecule has 0 fully saturated rings. The van der Waals surface area contributed by atoms with E-state index in [-0.39, 0.29) is 5.78 Å². The lowest BCUT2D eigenvalue weighted by Gasteiger charge is -2.12. The average molecular weight is 257 g/mol. The van der Waals surface area contributed by atoms with E-state index in [0.29, 0.717) is 0 Å². The van der Waals surface area contributed by atoms with Gasteiger partial charge in [-0.25, -0.2) is 4.98 Å². The molecule has 19 heavy (non-hydrogen) atoms. The number of H-pyrrole nitrogens is 1. The number of rotatable bonds is 3. The molecule has 0 amide bonds. The molecule has 0 saturated heterocycles. The molecule has 2 rings (SSSR count). The highest BCUT2D eigenvalue weighted by molar-refractivity contribution is 5.93. The summed E-state index contributed by atoms with van der Waals surface area (Å²) in [5.41, 5.74) is 6.05. The van der Waals surface area contributed by atoms with Crippen molar-refractivity contribution in [1.29, 1.82) is 0 Å². The van der Waals surface area contributed by atoms with Gasteiger partial charge in [-0.3, -0.25) is 4.79 Å². The molecular weight excluding hydrogens is 238 g/mol. The molecule has 0 aliphatic rings. The number of aromatic amines is 1. The van der Waals surface area contributed by atoms with Crippen LogP contribution in [0.4, 0.5) is 5.69 Å². The number of carbonyl (C=O) groups excluding carboxylic acids is 1. The number of benzene rings is 1. The Kier molecular flexibility index (Phi) is 3.42. The van der Waals surface area contributed by atoms with Crippen LogP contribution < -0.4 is 5.32 Å². The molecule has 0 unspecified atom stereocenters. The first kappa shape index (κ1) is 13.3. The zero-order valence-electron chi connectivity index (χ0n) is 12.0. The van der Waals surface area contributed by atoms with Crippen LogP contribution in [0.1, 0.15) is 30.8 Å². The van der Waals surface area contributed by atoms with Gasteiger partial charge in [-0.2, -0.15) is 0 Å². The number of nitrogens with zero attached hydrogens (tertiary/aromatic N) is 1. The SMILES string of the molecule is CC(=O)/C=C(/C)Nc1c(C)c(C)cc2[nH]c(C)nc12. The number of ketones is 1. The summed E-state index contributed by atoms with van der Waals surface area (Å²) in [5.74, 6) is 0.918. The third-order valence-corrected chi connectivity index (χ3v) is 3.16. The first-order valence-corrected chi connectivity index (χ1v) is 6.31. The van der Waals surface area contributed by atoms with Gasteiger partial charge in [-0.15, -0.1) is 0 Å². The zero-order valence-corrected chi connectivity index (χ0v) is 12.0. The Hall–Kier alpha value is -2.10. The zero-order chi connectivity index (χ0) is 14.2. The molecule has 0 aliphatic carbocycles. The standard InChI is InChI=1S/C15H19N3O/c1-8-6-13-15(18-12(5)17-13)14(11(8)4)16-9(2)7-10(3)19/h6-7,16H,1-5H3,(H,17,18)/b9-7-. The largest absolute Gasteiger partial charge is 0.357 e. The quantitative estimate of drug-likeness (QED) is 0.829. The Bertz CT molecular complexity index is 680. The molecule has 0 aliphatic heterocycles. The second-order valence-corrected chi connectivity index (χ2v) is 4.97. The number of fused-ring (bicyclic) bond motifs is 1. The fourth-order valence-electron chi connectivity index (χ4n) is 2.20. The number of aryl methyl sites for hydroxylation is 2. The van der Waals surface area contributed by atoms with Crippen molar-refractivity contribution in [2.45, 2.75) is 34.6 Å². The third kappa shape index (κ3) is 2.67. The van der Waals surface area contributed by atoms with E-state index >= 15 is 0 Å². The summed E-state index contributed by atoms with van der Waals surface area (Å²) in [4.78, 5) is 18.9. The molecule has 0 atom stereocenters. The summed E-state index contributed by atoms with van der Waals surface area (Å²) in [6.45, 7) is 9.49. The second kappa shape index (κ2) is 4.88. The summed E-state index contributed by atoms with van der Waals surface area (Å²) in [7, 11) is 0. The van der Waals surface area contributed by atoms with Gasteiger partial charge >= 0.3 is 0 Å². The number of carbonyl (C=O) groups is 1. The van der Waals surface area contributed by atoms with Gasteiger partial charge in [-0.05, 0) is 57.9 Å². The minimum atomic E-state index is 0.0322. The summed E-state index contributed by atoms with van der Waals surface area (Å²) < 4.78 is 0. The van der Waals surface area contributed by atoms with Crippen LogP contribution in [0.2, 0.25) is 0 Å². The molecular formula is C15H19N3O. The highest BCUT2D eigenvalue weighted by Crippen LogP contribution is 2.29. The Labute approximate surface area is 112 Å². The number of nitrogens with one attached hydrogen (secondary N) is 2. The summed E-state index contributed by atoms with van der Waals surface area (Å²) >= 11 is 0. The maximum atomic E-state index is 11.1. The van der Waals surface area contributed by atoms with Crippen molar-refractivity contribution in [3.05, 3.63) is 34.8 Å². The maximum Gasteiger partial charge on any atom is 0.154 e. The van der Waals surface area contributed by atoms with Crippen molar-refractivity contribution < 1.29 is 4.79 Å². The number of anilines is 1. The summed E-state index contributed by atoms with van der Waals surface area (Å²) in [5, 5.41) is 3.30. The van der Waals surface area contributed by atoms with E-state index in [9.17, 15) is 4.79 Å². The molecule has 4 heteroatoms. The number of hydrogen-bond acceptors (Lipinski definition) is 3. The van der Waals surface area contributed by atoms with Crippen LogP contribution in [0.3, 0.4) is 0 Å². The fourth-order valence-corrected chi connectivity index (χ4v) is 2.20. The van der Waals surface area contributed by atoms with E-state index in [0.717, 1.165) is 33.8 Å². The Balaban J connectivity index is 2.57. The minimum absolute atomic E-state index is 0.0322. The van der Waals surface area contributed by atoms with Gasteiger partial charge < -0.3 is 10.3 Å². The molecule has 4 nitrogen and oxygen atoms in total. The van der Waals surface area contributed by atoms with Gasteiger partial charge in [0.2, 0.25) is 0 Å². The van der Waals surface area contributed by atoms with Crippen molar-refractivity contribution >= 4 is 22.5 Å². The van der Waals surface area contributed by atoms with Gasteiger partial charge in [0.15, 0.2) is 5.78 Å². The monoisotopic (exact) mass is 257 g/mol. The molecule has 0 bridgehead atoms. The van der Waals surface area contributed by atoms with Crippen molar-refractivity contribution in [1.82, 2.24) is 9.97 Å². The number of hydrogen-bond donors (Lipinski definition) is 2. The van der Waals surface area contributed by atoms with E-state index in [1.54, 1.807) is 13.0 Å². The average Bonchev–Trinajstić information content (AvgIpc) is 2.64. The molecule has 100 valence electrons. The molecule has 1 aromatic carbocycles. The Morgan fingerprint density at radius 1 is 1.32 bits per heavy atom. The predicted molar refractivity (Wildman–Crippen MR) is 78.4 cm³/mol. The highest BCUT2D eigenvalue weighted by atomic mass is 16.1. The first-order valence-electron chi connectivity index (χ1n) is 6.31. The van der Waals surface area contributed by atoms with Gasteiger partial charge in [0.05, 0.1) is 11.2 Å². The fraction of sp³-hybridized carbons (Fsp3) is 0.333. The predicted octanol–water partition coefficient (Wildman–Crippen LogP) is 3.39. The van der Waals surface area contributed by atoms with Crippen LogP contribution in [0.5, 0.6) is 0 Å². The van der Waals surface area contributed by atoms with Gasteiger partial charge in [0, 0.05) is 5.70 Å². The Morgan fingerprint density at radius 3 is 2.63 bits per heavy atom. The van der Waals surface area contributed by atoms with Crippen LogP contribution >= 0.6 is 0 Å². The van der Waals surface area contributed by atoms with Crippen LogP contribution in [0.15, 0.2) is 17.8 Å². The topological polar surface area (TPSA) is 57.8 Å². The molecule has 2 N–H and O–H groups in total. The molecule has 0 radical (unpaired) electrons. The highest BCUT2D eigenvalue weighted by Gasteiger charge is 2.11. The van der Waals surface area contributed by atoms with Gasteiger partial charge in [-0.1, -0.05) is 0 Å². The van der Waals surface area contributed by atoms with Crippen LogP contribution in [0.25, 0.3) is 11.0 Å². The van der Waals surface area contributed by atoms with Crippen LogP contribution in [-0.4, -0.2) is 15.8 Å². The first-order chi connectivity index (χ1) is 8.88. The van der Waals surface area contributed by atoms with Crippen molar-refractivity contribution in [2.24, 2.45) is 0 Å². The molecule has 1 heterocycles. The number of allylic oxidation sites excluding steroid dienone is 2. The lowest BCUT2D eigenvalue weighted by Crippen LogP contribution is -2.02. The molecule has 0 saturated carbocycles. The van der Waals surface area contributed by atoms with E-state index in [1.165, 1.54) is 5.56 Å². The van der Waals surface area contributed by atoms with Gasteiger partial charge in [0.25, 0.3) is 0 Å². The van der Waals surface area contributed by atoms with E-state index in [4.69, 9.17) is 0 Å². The third-order valence-electron chi connectivity index (χ3n) is 3.16. The van der Waals surface area contributed by atoms with Gasteiger partial charge in [0.1, 0.15) is 11.3 Å². The van der Waals surface area contributed by atoms with Crippen molar-refractivity contribution in [3.63, 3.8) is 0 Å². The summed E-state index contributed by atoms with van der Waals surface area (Å²) in [6.07, 6.45) is 1.59. The van der Waals surface area contributed by atoms with E-state index < -0.39 is 0 Å². The minimum Gasteiger partial charge on any atom is -0.357 e. The Morgan fingerprint density at radius 2 is 2.00 bits per heavy atom. The lowest BCUT2D eigenvalue weighted by molar-refractivity contribution is -0.112. The lowest BCUT2D eigenvalue weighted by atomic mass is 10.1. The van der Waals surface area contributed by atoms with E-state index in [1.807, 2.05) is 13.8 Å². The van der Waals surface area contributed by atoms with Crippen molar-refractivity contribution in [2.75, 3.05) is 5.32 Å². The molecule has 1 aromatic heterocycles. The van der Waals surface area contributed by atoms with E-state index in [2.05, 4.69) is 35.2 Å². The molecule has 2 aromatic rings. The summed E-state index contributed by atoms with van der Waals surface area (Å²) in [6, 6.07) is 2.10. The number of imidazole rings is 1. The maximum absolute atomic E-state index is 11.1. The smallest absolute Gasteiger partial charge is 0.154 e. The van der Waals surface area contributed by atoms with Crippen molar-refractivity contribution in [3.8, 4) is 0 Å². The molecule has 0 spiro atoms. The second-order valence-electron chi connectivity index (χ2n) is 4.97. The number of aromatic nitrogens is 2. The van der Waals surface area contributed by atoms with Crippen LogP contribution in [0, 0.1) is 20.8 Å². The normalized spacial score (nSPS) is 11.9. The van der Waals surface area contributed by atoms with Crippen LogP contribution in [-0.2, 0) is 4.79 Å².